The number of methoxy groups -OCH3 is 1. The van der Waals surface area contributed by atoms with Crippen LogP contribution in [0.15, 0.2) is 34.5 Å². The number of hydrogen-bond acceptors (Lipinski definition) is 7. The van der Waals surface area contributed by atoms with E-state index in [1.165, 1.54) is 0 Å². The lowest BCUT2D eigenvalue weighted by atomic mass is 9.99. The maximum atomic E-state index is 13.2. The molecule has 2 aromatic carbocycles. The highest BCUT2D eigenvalue weighted by Gasteiger charge is 2.34. The molecule has 2 aliphatic rings. The number of nitrogens with zero attached hydrogens (tertiary/aromatic N) is 2. The van der Waals surface area contributed by atoms with Gasteiger partial charge in [0, 0.05) is 49.3 Å². The fourth-order valence-electron chi connectivity index (χ4n) is 4.23. The largest absolute Gasteiger partial charge is 0.507 e. The van der Waals surface area contributed by atoms with Gasteiger partial charge in [-0.15, -0.1) is 0 Å². The molecule has 2 heterocycles. The number of Topliss-reactive ketones (excluding diaryl/α,β-unsaturated/α-hetero) is 1. The minimum absolute atomic E-state index is 0.133. The molecule has 2 aliphatic heterocycles. The van der Waals surface area contributed by atoms with E-state index in [0.29, 0.717) is 41.3 Å². The SMILES string of the molecule is COc1ccc(Br)cc1/C=C1\Oc2c(CN3CCN(CCO)CC3)c(O)cc(C)c2C1=O. The first-order valence-electron chi connectivity index (χ1n) is 10.6. The third-order valence-corrected chi connectivity index (χ3v) is 6.46. The molecule has 0 unspecified atom stereocenters. The molecule has 7 nitrogen and oxygen atoms in total. The van der Waals surface area contributed by atoms with Gasteiger partial charge in [0.2, 0.25) is 5.78 Å². The summed E-state index contributed by atoms with van der Waals surface area (Å²) < 4.78 is 12.3. The topological polar surface area (TPSA) is 82.5 Å². The van der Waals surface area contributed by atoms with E-state index < -0.39 is 0 Å². The lowest BCUT2D eigenvalue weighted by Gasteiger charge is -2.34. The number of β-amino-alcohol motifs (C(OH)–C–C–N with tert-alkyl or cyclic N) is 1. The first-order chi connectivity index (χ1) is 15.4. The first-order valence-corrected chi connectivity index (χ1v) is 11.4. The predicted octanol–water partition coefficient (Wildman–Crippen LogP) is 3.20. The third-order valence-electron chi connectivity index (χ3n) is 5.96. The number of rotatable bonds is 6. The number of fused-ring (bicyclic) bond motifs is 1. The van der Waals surface area contributed by atoms with Crippen LogP contribution in [0.25, 0.3) is 6.08 Å². The van der Waals surface area contributed by atoms with Gasteiger partial charge in [-0.3, -0.25) is 14.6 Å². The molecular formula is C24H27BrN2O5. The molecule has 0 spiro atoms. The number of phenolic OH excluding ortho intramolecular Hbond substituents is 1. The molecule has 2 N–H and O–H groups in total. The molecule has 170 valence electrons. The van der Waals surface area contributed by atoms with Gasteiger partial charge < -0.3 is 19.7 Å². The summed E-state index contributed by atoms with van der Waals surface area (Å²) in [6, 6.07) is 7.19. The van der Waals surface area contributed by atoms with E-state index >= 15 is 0 Å². The summed E-state index contributed by atoms with van der Waals surface area (Å²) in [7, 11) is 1.58. The third kappa shape index (κ3) is 4.54. The Bertz CT molecular complexity index is 1060. The van der Waals surface area contributed by atoms with Crippen molar-refractivity contribution >= 4 is 27.8 Å². The molecule has 8 heteroatoms. The molecule has 0 amide bonds. The summed E-state index contributed by atoms with van der Waals surface area (Å²) in [6.07, 6.45) is 1.68. The molecule has 1 saturated heterocycles. The van der Waals surface area contributed by atoms with E-state index in [2.05, 4.69) is 25.7 Å². The molecular weight excluding hydrogens is 476 g/mol. The van der Waals surface area contributed by atoms with Gasteiger partial charge in [0.25, 0.3) is 0 Å². The summed E-state index contributed by atoms with van der Waals surface area (Å²) >= 11 is 3.45. The Labute approximate surface area is 196 Å². The number of ether oxygens (including phenoxy) is 2. The van der Waals surface area contributed by atoms with Gasteiger partial charge in [0.1, 0.15) is 17.2 Å². The number of aliphatic hydroxyl groups is 1. The van der Waals surface area contributed by atoms with E-state index in [4.69, 9.17) is 14.6 Å². The zero-order valence-corrected chi connectivity index (χ0v) is 19.8. The molecule has 1 fully saturated rings. The number of hydrogen-bond donors (Lipinski definition) is 2. The summed E-state index contributed by atoms with van der Waals surface area (Å²) in [5.74, 6) is 1.21. The van der Waals surface area contributed by atoms with E-state index in [9.17, 15) is 9.90 Å². The summed E-state index contributed by atoms with van der Waals surface area (Å²) in [5, 5.41) is 19.8. The number of benzene rings is 2. The van der Waals surface area contributed by atoms with Crippen LogP contribution in [-0.2, 0) is 6.54 Å². The fraction of sp³-hybridized carbons (Fsp3) is 0.375. The number of carbonyl (C=O) groups is 1. The van der Waals surface area contributed by atoms with Gasteiger partial charge in [-0.1, -0.05) is 15.9 Å². The number of aryl methyl sites for hydroxylation is 1. The van der Waals surface area contributed by atoms with Gasteiger partial charge in [0.05, 0.1) is 24.8 Å². The molecule has 4 rings (SSSR count). The molecule has 0 aromatic heterocycles. The maximum absolute atomic E-state index is 13.2. The van der Waals surface area contributed by atoms with Crippen LogP contribution in [0.4, 0.5) is 0 Å². The monoisotopic (exact) mass is 502 g/mol. The van der Waals surface area contributed by atoms with Gasteiger partial charge in [0.15, 0.2) is 5.76 Å². The Balaban J connectivity index is 1.63. The van der Waals surface area contributed by atoms with Crippen molar-refractivity contribution in [3.63, 3.8) is 0 Å². The van der Waals surface area contributed by atoms with Crippen molar-refractivity contribution in [1.29, 1.82) is 0 Å². The van der Waals surface area contributed by atoms with E-state index in [1.807, 2.05) is 18.2 Å². The molecule has 0 bridgehead atoms. The maximum Gasteiger partial charge on any atom is 0.232 e. The van der Waals surface area contributed by atoms with Crippen molar-refractivity contribution in [2.45, 2.75) is 13.5 Å². The van der Waals surface area contributed by atoms with E-state index in [0.717, 1.165) is 36.2 Å². The summed E-state index contributed by atoms with van der Waals surface area (Å²) in [6.45, 7) is 6.44. The lowest BCUT2D eigenvalue weighted by molar-refractivity contribution is 0.101. The second kappa shape index (κ2) is 9.62. The van der Waals surface area contributed by atoms with Crippen molar-refractivity contribution in [3.05, 3.63) is 56.8 Å². The Kier molecular flexibility index (Phi) is 6.85. The summed E-state index contributed by atoms with van der Waals surface area (Å²) in [4.78, 5) is 17.6. The number of phenols is 1. The Hall–Kier alpha value is -2.39. The number of aliphatic hydroxyl groups excluding tert-OH is 1. The summed E-state index contributed by atoms with van der Waals surface area (Å²) in [5.41, 5.74) is 2.53. The molecule has 0 aliphatic carbocycles. The molecule has 0 radical (unpaired) electrons. The zero-order chi connectivity index (χ0) is 22.8. The zero-order valence-electron chi connectivity index (χ0n) is 18.2. The van der Waals surface area contributed by atoms with E-state index in [-0.39, 0.29) is 23.9 Å². The fourth-order valence-corrected chi connectivity index (χ4v) is 4.61. The van der Waals surface area contributed by atoms with Crippen LogP contribution < -0.4 is 9.47 Å². The predicted molar refractivity (Wildman–Crippen MR) is 125 cm³/mol. The van der Waals surface area contributed by atoms with Crippen LogP contribution in [0.3, 0.4) is 0 Å². The van der Waals surface area contributed by atoms with Crippen LogP contribution >= 0.6 is 15.9 Å². The minimum atomic E-state index is -0.200. The Morgan fingerprint density at radius 3 is 2.59 bits per heavy atom. The standard InChI is InChI=1S/C24H27BrN2O5/c1-15-11-19(29)18(14-27-7-5-26(6-8-27)9-10-28)24-22(15)23(30)21(32-24)13-16-12-17(25)3-4-20(16)31-2/h3-4,11-13,28-29H,5-10,14H2,1-2H3/b21-13-. The Morgan fingerprint density at radius 2 is 1.91 bits per heavy atom. The molecule has 2 aromatic rings. The van der Waals surface area contributed by atoms with Crippen LogP contribution in [0, 0.1) is 6.92 Å². The van der Waals surface area contributed by atoms with Crippen LogP contribution in [0.5, 0.6) is 17.2 Å². The Morgan fingerprint density at radius 1 is 1.19 bits per heavy atom. The minimum Gasteiger partial charge on any atom is -0.507 e. The number of halogens is 1. The lowest BCUT2D eigenvalue weighted by Crippen LogP contribution is -2.46. The van der Waals surface area contributed by atoms with Gasteiger partial charge >= 0.3 is 0 Å². The van der Waals surface area contributed by atoms with Crippen molar-refractivity contribution in [3.8, 4) is 17.2 Å². The number of aromatic hydroxyl groups is 1. The quantitative estimate of drug-likeness (QED) is 0.586. The first kappa shape index (κ1) is 22.8. The number of carbonyl (C=O) groups excluding carboxylic acids is 1. The highest BCUT2D eigenvalue weighted by Crippen LogP contribution is 2.42. The average Bonchev–Trinajstić information content (AvgIpc) is 3.09. The van der Waals surface area contributed by atoms with Crippen molar-refractivity contribution in [1.82, 2.24) is 9.80 Å². The van der Waals surface area contributed by atoms with Crippen molar-refractivity contribution < 1.29 is 24.5 Å². The second-order valence-corrected chi connectivity index (χ2v) is 8.98. The number of allylic oxidation sites excluding steroid dienone is 1. The van der Waals surface area contributed by atoms with Gasteiger partial charge in [-0.05, 0) is 42.8 Å². The van der Waals surface area contributed by atoms with Gasteiger partial charge in [-0.2, -0.15) is 0 Å². The average molecular weight is 503 g/mol. The van der Waals surface area contributed by atoms with Crippen LogP contribution in [0.2, 0.25) is 0 Å². The molecule has 0 atom stereocenters. The van der Waals surface area contributed by atoms with Crippen molar-refractivity contribution in [2.24, 2.45) is 0 Å². The van der Waals surface area contributed by atoms with Crippen LogP contribution in [-0.4, -0.2) is 72.2 Å². The smallest absolute Gasteiger partial charge is 0.232 e. The highest BCUT2D eigenvalue weighted by atomic mass is 79.9. The normalized spacial score (nSPS) is 18.1. The molecule has 32 heavy (non-hydrogen) atoms. The van der Waals surface area contributed by atoms with Crippen molar-refractivity contribution in [2.75, 3.05) is 46.4 Å². The highest BCUT2D eigenvalue weighted by molar-refractivity contribution is 9.10. The van der Waals surface area contributed by atoms with E-state index in [1.54, 1.807) is 26.2 Å². The number of piperazine rings is 1. The van der Waals surface area contributed by atoms with Gasteiger partial charge in [-0.25, -0.2) is 0 Å². The second-order valence-electron chi connectivity index (χ2n) is 8.06. The number of ketones is 1. The van der Waals surface area contributed by atoms with Crippen LogP contribution in [0.1, 0.15) is 27.0 Å². The molecule has 0 saturated carbocycles.